The van der Waals surface area contributed by atoms with Gasteiger partial charge in [0.05, 0.1) is 13.7 Å². The summed E-state index contributed by atoms with van der Waals surface area (Å²) in [6, 6.07) is 5.78. The number of fused-ring (bicyclic) bond motifs is 1. The van der Waals surface area contributed by atoms with Gasteiger partial charge in [0.25, 0.3) is 0 Å². The number of benzene rings is 1. The molecular weight excluding hydrogens is 188 g/mol. The maximum absolute atomic E-state index is 5.73. The van der Waals surface area contributed by atoms with Crippen molar-refractivity contribution in [2.45, 2.75) is 6.54 Å². The molecule has 1 heterocycles. The molecule has 1 aliphatic rings. The molecule has 0 radical (unpaired) electrons. The predicted octanol–water partition coefficient (Wildman–Crippen LogP) is 2.22. The minimum absolute atomic E-state index is 0.442. The van der Waals surface area contributed by atoms with Gasteiger partial charge < -0.3 is 10.1 Å². The summed E-state index contributed by atoms with van der Waals surface area (Å²) in [6.45, 7) is 0.609. The Kier molecular flexibility index (Phi) is 2.10. The molecule has 0 saturated carbocycles. The van der Waals surface area contributed by atoms with Gasteiger partial charge in [0.1, 0.15) is 5.75 Å². The minimum Gasteiger partial charge on any atom is -0.497 e. The second-order valence-electron chi connectivity index (χ2n) is 2.76. The zero-order valence-corrected chi connectivity index (χ0v) is 7.93. The number of nitrogens with zero attached hydrogens (tertiary/aromatic N) is 1. The molecule has 1 aromatic carbocycles. The molecule has 0 aliphatic carbocycles. The first-order valence-corrected chi connectivity index (χ1v) is 4.31. The van der Waals surface area contributed by atoms with Crippen molar-refractivity contribution in [2.75, 3.05) is 12.4 Å². The highest BCUT2D eigenvalue weighted by molar-refractivity contribution is 6.67. The molecule has 0 unspecified atom stereocenters. The standard InChI is InChI=1S/C9H9ClN2O/c1-13-7-2-3-8-6(4-7)5-11-9(10)12-8/h2-4H,5H2,1H3,(H,11,12). The van der Waals surface area contributed by atoms with Crippen LogP contribution >= 0.6 is 11.6 Å². The second kappa shape index (κ2) is 3.26. The van der Waals surface area contributed by atoms with Crippen molar-refractivity contribution < 1.29 is 4.74 Å². The van der Waals surface area contributed by atoms with Crippen LogP contribution < -0.4 is 10.1 Å². The van der Waals surface area contributed by atoms with E-state index in [1.807, 2.05) is 18.2 Å². The van der Waals surface area contributed by atoms with E-state index in [9.17, 15) is 0 Å². The third kappa shape index (κ3) is 1.60. The molecule has 1 aromatic rings. The molecule has 0 atom stereocenters. The van der Waals surface area contributed by atoms with Crippen molar-refractivity contribution in [2.24, 2.45) is 4.99 Å². The number of hydrogen-bond donors (Lipinski definition) is 1. The van der Waals surface area contributed by atoms with Crippen molar-refractivity contribution in [3.05, 3.63) is 23.8 Å². The SMILES string of the molecule is COc1ccc2c(c1)CN=C(Cl)N2. The molecule has 13 heavy (non-hydrogen) atoms. The molecule has 0 spiro atoms. The lowest BCUT2D eigenvalue weighted by molar-refractivity contribution is 0.414. The zero-order chi connectivity index (χ0) is 9.26. The highest BCUT2D eigenvalue weighted by Gasteiger charge is 2.09. The fourth-order valence-electron chi connectivity index (χ4n) is 1.26. The first-order chi connectivity index (χ1) is 6.29. The molecule has 2 rings (SSSR count). The molecule has 0 fully saturated rings. The summed E-state index contributed by atoms with van der Waals surface area (Å²) < 4.78 is 5.10. The van der Waals surface area contributed by atoms with Crippen molar-refractivity contribution in [1.82, 2.24) is 0 Å². The lowest BCUT2D eigenvalue weighted by Gasteiger charge is -2.15. The van der Waals surface area contributed by atoms with Crippen LogP contribution in [0.3, 0.4) is 0 Å². The summed E-state index contributed by atoms with van der Waals surface area (Å²) in [4.78, 5) is 4.06. The summed E-state index contributed by atoms with van der Waals surface area (Å²) in [6.07, 6.45) is 0. The Morgan fingerprint density at radius 2 is 2.38 bits per heavy atom. The van der Waals surface area contributed by atoms with Crippen LogP contribution in [0.15, 0.2) is 23.2 Å². The van der Waals surface area contributed by atoms with E-state index in [1.54, 1.807) is 7.11 Å². The molecule has 68 valence electrons. The van der Waals surface area contributed by atoms with Crippen LogP contribution in [0.5, 0.6) is 5.75 Å². The molecule has 1 aliphatic heterocycles. The fraction of sp³-hybridized carbons (Fsp3) is 0.222. The molecule has 0 saturated heterocycles. The lowest BCUT2D eigenvalue weighted by atomic mass is 10.1. The summed E-state index contributed by atoms with van der Waals surface area (Å²) in [7, 11) is 1.65. The Labute approximate surface area is 81.4 Å². The number of hydrogen-bond acceptors (Lipinski definition) is 3. The highest BCUT2D eigenvalue weighted by Crippen LogP contribution is 2.25. The topological polar surface area (TPSA) is 33.6 Å². The molecule has 0 aromatic heterocycles. The van der Waals surface area contributed by atoms with Gasteiger partial charge in [-0.25, -0.2) is 0 Å². The molecule has 3 nitrogen and oxygen atoms in total. The van der Waals surface area contributed by atoms with Crippen LogP contribution in [-0.4, -0.2) is 12.4 Å². The maximum Gasteiger partial charge on any atom is 0.196 e. The molecule has 1 N–H and O–H groups in total. The Balaban J connectivity index is 2.36. The zero-order valence-electron chi connectivity index (χ0n) is 7.17. The van der Waals surface area contributed by atoms with Crippen molar-refractivity contribution >= 4 is 22.6 Å². The Bertz CT molecular complexity index is 363. The number of halogens is 1. The first-order valence-electron chi connectivity index (χ1n) is 3.93. The Morgan fingerprint density at radius 1 is 1.54 bits per heavy atom. The number of methoxy groups -OCH3 is 1. The monoisotopic (exact) mass is 196 g/mol. The Morgan fingerprint density at radius 3 is 3.15 bits per heavy atom. The molecular formula is C9H9ClN2O. The van der Waals surface area contributed by atoms with Crippen LogP contribution in [0.4, 0.5) is 5.69 Å². The van der Waals surface area contributed by atoms with Gasteiger partial charge in [-0.1, -0.05) is 0 Å². The van der Waals surface area contributed by atoms with Crippen LogP contribution in [0, 0.1) is 0 Å². The highest BCUT2D eigenvalue weighted by atomic mass is 35.5. The quantitative estimate of drug-likeness (QED) is 0.699. The van der Waals surface area contributed by atoms with Gasteiger partial charge in [0.15, 0.2) is 5.29 Å². The van der Waals surface area contributed by atoms with E-state index >= 15 is 0 Å². The number of ether oxygens (including phenoxy) is 1. The Hall–Kier alpha value is -1.22. The van der Waals surface area contributed by atoms with Gasteiger partial charge >= 0.3 is 0 Å². The summed E-state index contributed by atoms with van der Waals surface area (Å²) in [5.74, 6) is 0.841. The van der Waals surface area contributed by atoms with Crippen LogP contribution in [-0.2, 0) is 6.54 Å². The van der Waals surface area contributed by atoms with E-state index in [4.69, 9.17) is 16.3 Å². The van der Waals surface area contributed by atoms with Crippen molar-refractivity contribution in [1.29, 1.82) is 0 Å². The first kappa shape index (κ1) is 8.38. The average molecular weight is 197 g/mol. The number of anilines is 1. The predicted molar refractivity (Wildman–Crippen MR) is 53.6 cm³/mol. The molecule has 4 heteroatoms. The van der Waals surface area contributed by atoms with Crippen LogP contribution in [0.1, 0.15) is 5.56 Å². The van der Waals surface area contributed by atoms with Gasteiger partial charge in [-0.15, -0.1) is 0 Å². The largest absolute Gasteiger partial charge is 0.497 e. The molecule has 0 bridgehead atoms. The van der Waals surface area contributed by atoms with Gasteiger partial charge in [-0.2, -0.15) is 0 Å². The number of rotatable bonds is 1. The van der Waals surface area contributed by atoms with E-state index in [-0.39, 0.29) is 0 Å². The van der Waals surface area contributed by atoms with E-state index < -0.39 is 0 Å². The second-order valence-corrected chi connectivity index (χ2v) is 3.11. The fourth-order valence-corrected chi connectivity index (χ4v) is 1.42. The van der Waals surface area contributed by atoms with Gasteiger partial charge in [-0.05, 0) is 29.8 Å². The van der Waals surface area contributed by atoms with Gasteiger partial charge in [0.2, 0.25) is 0 Å². The maximum atomic E-state index is 5.73. The number of amidine groups is 1. The minimum atomic E-state index is 0.442. The number of nitrogens with one attached hydrogen (secondary N) is 1. The summed E-state index contributed by atoms with van der Waals surface area (Å²) >= 11 is 5.73. The lowest BCUT2D eigenvalue weighted by Crippen LogP contribution is -2.11. The third-order valence-electron chi connectivity index (χ3n) is 1.94. The van der Waals surface area contributed by atoms with Crippen molar-refractivity contribution in [3.8, 4) is 5.75 Å². The van der Waals surface area contributed by atoms with Gasteiger partial charge in [0, 0.05) is 11.3 Å². The summed E-state index contributed by atoms with van der Waals surface area (Å²) in [5, 5.41) is 3.41. The molecule has 0 amide bonds. The van der Waals surface area contributed by atoms with Crippen LogP contribution in [0.2, 0.25) is 0 Å². The van der Waals surface area contributed by atoms with Crippen molar-refractivity contribution in [3.63, 3.8) is 0 Å². The van der Waals surface area contributed by atoms with Gasteiger partial charge in [-0.3, -0.25) is 4.99 Å². The van der Waals surface area contributed by atoms with E-state index in [2.05, 4.69) is 10.3 Å². The van der Waals surface area contributed by atoms with E-state index in [0.29, 0.717) is 11.8 Å². The third-order valence-corrected chi connectivity index (χ3v) is 2.15. The number of aliphatic imine (C=N–C) groups is 1. The van der Waals surface area contributed by atoms with E-state index in [0.717, 1.165) is 17.0 Å². The normalized spacial score (nSPS) is 14.2. The summed E-state index contributed by atoms with van der Waals surface area (Å²) in [5.41, 5.74) is 2.10. The van der Waals surface area contributed by atoms with E-state index in [1.165, 1.54) is 0 Å². The smallest absolute Gasteiger partial charge is 0.196 e. The van der Waals surface area contributed by atoms with Crippen LogP contribution in [0.25, 0.3) is 0 Å². The average Bonchev–Trinajstić information content (AvgIpc) is 2.17.